The van der Waals surface area contributed by atoms with Crippen molar-refractivity contribution in [3.63, 3.8) is 0 Å². The number of benzene rings is 1. The molecule has 3 rings (SSSR count). The summed E-state index contributed by atoms with van der Waals surface area (Å²) in [5, 5.41) is 3.39. The van der Waals surface area contributed by atoms with E-state index in [0.717, 1.165) is 12.8 Å². The topological polar surface area (TPSA) is 24.9 Å². The van der Waals surface area contributed by atoms with Crippen molar-refractivity contribution < 1.29 is 0 Å². The minimum Gasteiger partial charge on any atom is -0.308 e. The van der Waals surface area contributed by atoms with Crippen LogP contribution in [0, 0.1) is 0 Å². The molecular weight excluding hydrogens is 208 g/mol. The van der Waals surface area contributed by atoms with Crippen LogP contribution in [0.5, 0.6) is 0 Å². The van der Waals surface area contributed by atoms with Gasteiger partial charge in [0.05, 0.1) is 11.7 Å². The summed E-state index contributed by atoms with van der Waals surface area (Å²) < 4.78 is 0. The Labute approximate surface area is 102 Å². The Morgan fingerprint density at radius 3 is 2.71 bits per heavy atom. The zero-order valence-electron chi connectivity index (χ0n) is 9.98. The van der Waals surface area contributed by atoms with E-state index in [1.165, 1.54) is 22.4 Å². The fourth-order valence-corrected chi connectivity index (χ4v) is 2.67. The van der Waals surface area contributed by atoms with Crippen LogP contribution in [-0.4, -0.2) is 12.0 Å². The Kier molecular flexibility index (Phi) is 2.65. The number of nitrogens with one attached hydrogen (secondary N) is 1. The maximum Gasteiger partial charge on any atom is 0.0754 e. The molecule has 0 fully saturated rings. The number of aromatic nitrogens is 1. The summed E-state index contributed by atoms with van der Waals surface area (Å²) in [6.45, 7) is 0. The standard InChI is InChI=1S/C15H16N2/c1-16-15-13-7-3-2-5-11(13)8-9-12-6-4-10-17-14(12)15/h2-7,10,15-16H,8-9H2,1H3. The van der Waals surface area contributed by atoms with Crippen molar-refractivity contribution in [2.75, 3.05) is 7.05 Å². The Morgan fingerprint density at radius 1 is 1.06 bits per heavy atom. The largest absolute Gasteiger partial charge is 0.308 e. The summed E-state index contributed by atoms with van der Waals surface area (Å²) in [5.41, 5.74) is 5.35. The van der Waals surface area contributed by atoms with Gasteiger partial charge in [0, 0.05) is 6.20 Å². The van der Waals surface area contributed by atoms with Gasteiger partial charge in [0.15, 0.2) is 0 Å². The monoisotopic (exact) mass is 224 g/mol. The first-order chi connectivity index (χ1) is 8.40. The molecule has 0 saturated carbocycles. The molecule has 1 N–H and O–H groups in total. The normalized spacial score (nSPS) is 18.1. The maximum atomic E-state index is 4.57. The van der Waals surface area contributed by atoms with Gasteiger partial charge >= 0.3 is 0 Å². The lowest BCUT2D eigenvalue weighted by Gasteiger charge is -2.18. The second-order valence-corrected chi connectivity index (χ2v) is 4.47. The summed E-state index contributed by atoms with van der Waals surface area (Å²) in [5.74, 6) is 0. The average Bonchev–Trinajstić information content (AvgIpc) is 2.55. The van der Waals surface area contributed by atoms with Crippen LogP contribution < -0.4 is 5.32 Å². The van der Waals surface area contributed by atoms with Crippen molar-refractivity contribution >= 4 is 0 Å². The van der Waals surface area contributed by atoms with Crippen molar-refractivity contribution in [1.29, 1.82) is 0 Å². The van der Waals surface area contributed by atoms with Crippen LogP contribution in [0.4, 0.5) is 0 Å². The molecule has 1 unspecified atom stereocenters. The highest BCUT2D eigenvalue weighted by Crippen LogP contribution is 2.30. The second kappa shape index (κ2) is 4.30. The summed E-state index contributed by atoms with van der Waals surface area (Å²) in [4.78, 5) is 4.57. The lowest BCUT2D eigenvalue weighted by atomic mass is 9.98. The second-order valence-electron chi connectivity index (χ2n) is 4.47. The van der Waals surface area contributed by atoms with Crippen molar-refractivity contribution in [2.45, 2.75) is 18.9 Å². The van der Waals surface area contributed by atoms with E-state index in [0.29, 0.717) is 0 Å². The van der Waals surface area contributed by atoms with E-state index in [4.69, 9.17) is 0 Å². The third-order valence-electron chi connectivity index (χ3n) is 3.52. The van der Waals surface area contributed by atoms with E-state index >= 15 is 0 Å². The van der Waals surface area contributed by atoms with Gasteiger partial charge in [0.1, 0.15) is 0 Å². The maximum absolute atomic E-state index is 4.57. The van der Waals surface area contributed by atoms with Gasteiger partial charge in [-0.15, -0.1) is 0 Å². The van der Waals surface area contributed by atoms with Gasteiger partial charge in [-0.1, -0.05) is 30.3 Å². The van der Waals surface area contributed by atoms with Crippen molar-refractivity contribution in [3.05, 3.63) is 65.0 Å². The summed E-state index contributed by atoms with van der Waals surface area (Å²) in [6.07, 6.45) is 4.07. The lowest BCUT2D eigenvalue weighted by Crippen LogP contribution is -2.20. The van der Waals surface area contributed by atoms with Crippen LogP contribution in [0.2, 0.25) is 0 Å². The molecule has 0 saturated heterocycles. The molecule has 17 heavy (non-hydrogen) atoms. The van der Waals surface area contributed by atoms with Crippen LogP contribution in [0.1, 0.15) is 28.4 Å². The van der Waals surface area contributed by atoms with Crippen LogP contribution in [0.15, 0.2) is 42.6 Å². The van der Waals surface area contributed by atoms with Crippen molar-refractivity contribution in [1.82, 2.24) is 10.3 Å². The first kappa shape index (κ1) is 10.5. The SMILES string of the molecule is CNC1c2ccccc2CCc2cccnc21. The molecule has 0 radical (unpaired) electrons. The molecule has 1 aromatic heterocycles. The van der Waals surface area contributed by atoms with Gasteiger partial charge in [0.25, 0.3) is 0 Å². The van der Waals surface area contributed by atoms with E-state index in [1.54, 1.807) is 0 Å². The van der Waals surface area contributed by atoms with Gasteiger partial charge in [-0.05, 0) is 42.6 Å². The van der Waals surface area contributed by atoms with Crippen molar-refractivity contribution in [2.24, 2.45) is 0 Å². The Balaban J connectivity index is 2.19. The molecule has 2 nitrogen and oxygen atoms in total. The van der Waals surface area contributed by atoms with E-state index in [1.807, 2.05) is 19.3 Å². The van der Waals surface area contributed by atoms with Gasteiger partial charge in [-0.25, -0.2) is 0 Å². The van der Waals surface area contributed by atoms with Crippen LogP contribution in [0.25, 0.3) is 0 Å². The molecule has 0 spiro atoms. The van der Waals surface area contributed by atoms with Crippen molar-refractivity contribution in [3.8, 4) is 0 Å². The third kappa shape index (κ3) is 1.75. The summed E-state index contributed by atoms with van der Waals surface area (Å²) in [7, 11) is 2.01. The molecule has 86 valence electrons. The summed E-state index contributed by atoms with van der Waals surface area (Å²) in [6, 6.07) is 13.1. The molecular formula is C15H16N2. The molecule has 2 heteroatoms. The minimum atomic E-state index is 0.227. The van der Waals surface area contributed by atoms with E-state index < -0.39 is 0 Å². The highest BCUT2D eigenvalue weighted by Gasteiger charge is 2.22. The number of pyridine rings is 1. The Morgan fingerprint density at radius 2 is 1.82 bits per heavy atom. The number of hydrogen-bond donors (Lipinski definition) is 1. The number of fused-ring (bicyclic) bond motifs is 2. The number of aryl methyl sites for hydroxylation is 2. The van der Waals surface area contributed by atoms with E-state index in [9.17, 15) is 0 Å². The van der Waals surface area contributed by atoms with Gasteiger partial charge in [-0.3, -0.25) is 4.98 Å². The number of nitrogens with zero attached hydrogens (tertiary/aromatic N) is 1. The molecule has 0 amide bonds. The van der Waals surface area contributed by atoms with Gasteiger partial charge in [0.2, 0.25) is 0 Å². The molecule has 0 bridgehead atoms. The molecule has 0 aliphatic heterocycles. The highest BCUT2D eigenvalue weighted by molar-refractivity contribution is 5.41. The molecule has 1 aliphatic rings. The van der Waals surface area contributed by atoms with Crippen LogP contribution >= 0.6 is 0 Å². The average molecular weight is 224 g/mol. The predicted molar refractivity (Wildman–Crippen MR) is 69.0 cm³/mol. The molecule has 1 aromatic carbocycles. The van der Waals surface area contributed by atoms with E-state index in [2.05, 4.69) is 40.6 Å². The van der Waals surface area contributed by atoms with Gasteiger partial charge < -0.3 is 5.32 Å². The Bertz CT molecular complexity index is 486. The zero-order chi connectivity index (χ0) is 11.7. The Hall–Kier alpha value is -1.67. The zero-order valence-corrected chi connectivity index (χ0v) is 9.98. The number of hydrogen-bond acceptors (Lipinski definition) is 2. The smallest absolute Gasteiger partial charge is 0.0754 e. The summed E-state index contributed by atoms with van der Waals surface area (Å²) >= 11 is 0. The molecule has 1 atom stereocenters. The lowest BCUT2D eigenvalue weighted by molar-refractivity contribution is 0.667. The van der Waals surface area contributed by atoms with Gasteiger partial charge in [-0.2, -0.15) is 0 Å². The fraction of sp³-hybridized carbons (Fsp3) is 0.267. The molecule has 1 heterocycles. The fourth-order valence-electron chi connectivity index (χ4n) is 2.67. The van der Waals surface area contributed by atoms with Crippen LogP contribution in [-0.2, 0) is 12.8 Å². The highest BCUT2D eigenvalue weighted by atomic mass is 14.9. The first-order valence-electron chi connectivity index (χ1n) is 6.09. The third-order valence-corrected chi connectivity index (χ3v) is 3.52. The van der Waals surface area contributed by atoms with E-state index in [-0.39, 0.29) is 6.04 Å². The first-order valence-corrected chi connectivity index (χ1v) is 6.09. The van der Waals surface area contributed by atoms with Crippen LogP contribution in [0.3, 0.4) is 0 Å². The number of rotatable bonds is 1. The molecule has 2 aromatic rings. The molecule has 1 aliphatic carbocycles. The predicted octanol–water partition coefficient (Wildman–Crippen LogP) is 2.49. The minimum absolute atomic E-state index is 0.227. The quantitative estimate of drug-likeness (QED) is 0.805.